The molecule has 0 saturated carbocycles. The van der Waals surface area contributed by atoms with Crippen molar-refractivity contribution in [1.29, 1.82) is 0 Å². The number of benzene rings is 1. The zero-order valence-electron chi connectivity index (χ0n) is 7.21. The first kappa shape index (κ1) is 11.5. The van der Waals surface area contributed by atoms with Gasteiger partial charge in [-0.1, -0.05) is 0 Å². The lowest BCUT2D eigenvalue weighted by Gasteiger charge is -2.07. The van der Waals surface area contributed by atoms with Crippen molar-refractivity contribution < 1.29 is 14.3 Å². The normalized spacial score (nSPS) is 9.64. The van der Waals surface area contributed by atoms with E-state index in [1.165, 1.54) is 13.2 Å². The molecule has 0 aliphatic rings. The van der Waals surface area contributed by atoms with Crippen LogP contribution >= 0.6 is 34.2 Å². The standard InChI is InChI=1S/C9H6ClIO3/c1-14-7-3-5(4-12)2-6(11)8(7)9(10)13/h2-4H,1H3. The highest BCUT2D eigenvalue weighted by atomic mass is 127. The van der Waals surface area contributed by atoms with Crippen molar-refractivity contribution in [3.8, 4) is 5.75 Å². The van der Waals surface area contributed by atoms with Crippen LogP contribution in [-0.2, 0) is 0 Å². The number of rotatable bonds is 3. The van der Waals surface area contributed by atoms with Crippen molar-refractivity contribution in [2.45, 2.75) is 0 Å². The van der Waals surface area contributed by atoms with Gasteiger partial charge in [-0.2, -0.15) is 0 Å². The van der Waals surface area contributed by atoms with Gasteiger partial charge in [0.1, 0.15) is 12.0 Å². The van der Waals surface area contributed by atoms with E-state index < -0.39 is 5.24 Å². The molecule has 0 bridgehead atoms. The van der Waals surface area contributed by atoms with Crippen molar-refractivity contribution >= 4 is 45.7 Å². The summed E-state index contributed by atoms with van der Waals surface area (Å²) in [6.45, 7) is 0. The lowest BCUT2D eigenvalue weighted by molar-refractivity contribution is 0.107. The van der Waals surface area contributed by atoms with Gasteiger partial charge >= 0.3 is 0 Å². The summed E-state index contributed by atoms with van der Waals surface area (Å²) in [5.74, 6) is 0.319. The van der Waals surface area contributed by atoms with Crippen LogP contribution in [0.3, 0.4) is 0 Å². The van der Waals surface area contributed by atoms with Crippen LogP contribution in [0.25, 0.3) is 0 Å². The Kier molecular flexibility index (Phi) is 3.88. The number of halogens is 2. The molecule has 3 nitrogen and oxygen atoms in total. The largest absolute Gasteiger partial charge is 0.496 e. The quantitative estimate of drug-likeness (QED) is 0.487. The maximum Gasteiger partial charge on any atom is 0.257 e. The number of carbonyl (C=O) groups excluding carboxylic acids is 2. The average molecular weight is 325 g/mol. The molecule has 0 aliphatic heterocycles. The summed E-state index contributed by atoms with van der Waals surface area (Å²) < 4.78 is 5.56. The summed E-state index contributed by atoms with van der Waals surface area (Å²) in [5.41, 5.74) is 0.744. The Labute approximate surface area is 99.5 Å². The van der Waals surface area contributed by atoms with Crippen LogP contribution in [0.1, 0.15) is 20.7 Å². The highest BCUT2D eigenvalue weighted by molar-refractivity contribution is 14.1. The number of aldehydes is 1. The Morgan fingerprint density at radius 2 is 2.21 bits per heavy atom. The van der Waals surface area contributed by atoms with Gasteiger partial charge in [0.25, 0.3) is 5.24 Å². The molecule has 14 heavy (non-hydrogen) atoms. The molecule has 0 radical (unpaired) electrons. The van der Waals surface area contributed by atoms with Gasteiger partial charge in [0.15, 0.2) is 0 Å². The molecule has 0 spiro atoms. The van der Waals surface area contributed by atoms with Gasteiger partial charge in [-0.15, -0.1) is 0 Å². The van der Waals surface area contributed by atoms with E-state index in [2.05, 4.69) is 0 Å². The Bertz CT molecular complexity index is 390. The van der Waals surface area contributed by atoms with E-state index in [0.29, 0.717) is 26.7 Å². The van der Waals surface area contributed by atoms with Gasteiger partial charge in [0.05, 0.1) is 12.7 Å². The van der Waals surface area contributed by atoms with Gasteiger partial charge in [-0.25, -0.2) is 0 Å². The van der Waals surface area contributed by atoms with Crippen molar-refractivity contribution in [2.24, 2.45) is 0 Å². The van der Waals surface area contributed by atoms with E-state index in [1.54, 1.807) is 6.07 Å². The predicted octanol–water partition coefficient (Wildman–Crippen LogP) is 2.49. The smallest absolute Gasteiger partial charge is 0.257 e. The van der Waals surface area contributed by atoms with Crippen LogP contribution in [0, 0.1) is 3.57 Å². The Hall–Kier alpha value is -0.620. The van der Waals surface area contributed by atoms with Gasteiger partial charge in [-0.05, 0) is 46.3 Å². The first-order valence-corrected chi connectivity index (χ1v) is 5.08. The van der Waals surface area contributed by atoms with Crippen LogP contribution in [0.2, 0.25) is 0 Å². The third-order valence-corrected chi connectivity index (χ3v) is 2.67. The van der Waals surface area contributed by atoms with Crippen LogP contribution in [-0.4, -0.2) is 18.6 Å². The number of hydrogen-bond acceptors (Lipinski definition) is 3. The summed E-state index contributed by atoms with van der Waals surface area (Å²) in [5, 5.41) is -0.594. The van der Waals surface area contributed by atoms with Gasteiger partial charge < -0.3 is 4.74 Å². The highest BCUT2D eigenvalue weighted by Gasteiger charge is 2.15. The summed E-state index contributed by atoms with van der Waals surface area (Å²) in [4.78, 5) is 21.6. The molecule has 1 aromatic rings. The molecule has 0 heterocycles. The third kappa shape index (κ3) is 2.24. The second kappa shape index (κ2) is 4.75. The minimum Gasteiger partial charge on any atom is -0.496 e. The van der Waals surface area contributed by atoms with Crippen LogP contribution in [0.5, 0.6) is 5.75 Å². The second-order valence-electron chi connectivity index (χ2n) is 2.47. The van der Waals surface area contributed by atoms with E-state index in [-0.39, 0.29) is 0 Å². The van der Waals surface area contributed by atoms with E-state index >= 15 is 0 Å². The molecule has 0 saturated heterocycles. The molecule has 1 aromatic carbocycles. The monoisotopic (exact) mass is 324 g/mol. The zero-order valence-corrected chi connectivity index (χ0v) is 10.1. The summed E-state index contributed by atoms with van der Waals surface area (Å²) in [6, 6.07) is 3.05. The van der Waals surface area contributed by atoms with Crippen molar-refractivity contribution in [2.75, 3.05) is 7.11 Å². The molecule has 0 aliphatic carbocycles. The first-order chi connectivity index (χ1) is 6.60. The summed E-state index contributed by atoms with van der Waals surface area (Å²) >= 11 is 7.31. The van der Waals surface area contributed by atoms with Gasteiger partial charge in [0.2, 0.25) is 0 Å². The predicted molar refractivity (Wildman–Crippen MR) is 61.3 cm³/mol. The van der Waals surface area contributed by atoms with Gasteiger partial charge in [-0.3, -0.25) is 9.59 Å². The number of hydrogen-bond donors (Lipinski definition) is 0. The molecule has 5 heteroatoms. The molecule has 74 valence electrons. The fourth-order valence-electron chi connectivity index (χ4n) is 1.02. The fraction of sp³-hybridized carbons (Fsp3) is 0.111. The van der Waals surface area contributed by atoms with Crippen molar-refractivity contribution in [1.82, 2.24) is 0 Å². The number of methoxy groups -OCH3 is 1. The van der Waals surface area contributed by atoms with Crippen LogP contribution in [0.4, 0.5) is 0 Å². The minimum absolute atomic E-state index is 0.292. The maximum absolute atomic E-state index is 11.0. The molecule has 0 amide bonds. The average Bonchev–Trinajstić information content (AvgIpc) is 2.15. The third-order valence-electron chi connectivity index (χ3n) is 1.63. The topological polar surface area (TPSA) is 43.4 Å². The van der Waals surface area contributed by atoms with Crippen LogP contribution in [0.15, 0.2) is 12.1 Å². The Morgan fingerprint density at radius 3 is 2.64 bits per heavy atom. The molecule has 0 fully saturated rings. The van der Waals surface area contributed by atoms with E-state index in [1.807, 2.05) is 22.6 Å². The van der Waals surface area contributed by atoms with E-state index in [9.17, 15) is 9.59 Å². The summed E-state index contributed by atoms with van der Waals surface area (Å²) in [7, 11) is 1.42. The highest BCUT2D eigenvalue weighted by Crippen LogP contribution is 2.27. The number of ether oxygens (including phenoxy) is 1. The van der Waals surface area contributed by atoms with Crippen molar-refractivity contribution in [3.05, 3.63) is 26.8 Å². The molecular formula is C9H6ClIO3. The molecule has 0 aromatic heterocycles. The first-order valence-electron chi connectivity index (χ1n) is 3.62. The zero-order chi connectivity index (χ0) is 10.7. The number of carbonyl (C=O) groups is 2. The van der Waals surface area contributed by atoms with Gasteiger partial charge in [0, 0.05) is 9.13 Å². The molecule has 1 rings (SSSR count). The molecule has 0 atom stereocenters. The Balaban J connectivity index is 3.42. The maximum atomic E-state index is 11.0. The van der Waals surface area contributed by atoms with Crippen LogP contribution < -0.4 is 4.74 Å². The molecule has 0 unspecified atom stereocenters. The van der Waals surface area contributed by atoms with E-state index in [4.69, 9.17) is 16.3 Å². The lowest BCUT2D eigenvalue weighted by Crippen LogP contribution is -2.00. The SMILES string of the molecule is COc1cc(C=O)cc(I)c1C(=O)Cl. The summed E-state index contributed by atoms with van der Waals surface area (Å²) in [6.07, 6.45) is 0.688. The molecular weight excluding hydrogens is 318 g/mol. The Morgan fingerprint density at radius 1 is 1.57 bits per heavy atom. The molecule has 0 N–H and O–H groups in total. The fourth-order valence-corrected chi connectivity index (χ4v) is 2.25. The second-order valence-corrected chi connectivity index (χ2v) is 3.98. The minimum atomic E-state index is -0.594. The van der Waals surface area contributed by atoms with E-state index in [0.717, 1.165) is 0 Å². The van der Waals surface area contributed by atoms with Crippen molar-refractivity contribution in [3.63, 3.8) is 0 Å². The lowest BCUT2D eigenvalue weighted by atomic mass is 10.1.